The van der Waals surface area contributed by atoms with Crippen LogP contribution in [-0.4, -0.2) is 39.6 Å². The van der Waals surface area contributed by atoms with Crippen molar-refractivity contribution in [1.82, 2.24) is 20.5 Å². The van der Waals surface area contributed by atoms with Gasteiger partial charge in [0, 0.05) is 18.0 Å². The number of carbonyl (C=O) groups excluding carboxylic acids is 3. The fraction of sp³-hybridized carbons (Fsp3) is 0.176. The summed E-state index contributed by atoms with van der Waals surface area (Å²) in [5.41, 5.74) is -3.22. The molecule has 1 atom stereocenters. The normalized spacial score (nSPS) is 19.7. The third-order valence-electron chi connectivity index (χ3n) is 3.96. The van der Waals surface area contributed by atoms with Crippen molar-refractivity contribution < 1.29 is 27.6 Å². The summed E-state index contributed by atoms with van der Waals surface area (Å²) in [5, 5.41) is 3.24. The second-order valence-electron chi connectivity index (χ2n) is 5.74. The summed E-state index contributed by atoms with van der Waals surface area (Å²) >= 11 is 0. The lowest BCUT2D eigenvalue weighted by atomic mass is 10.1. The number of alkyl halides is 3. The molecule has 10 heteroatoms. The van der Waals surface area contributed by atoms with Crippen LogP contribution in [0.3, 0.4) is 0 Å². The number of aromatic nitrogens is 1. The first-order valence-electron chi connectivity index (χ1n) is 7.72. The molecule has 4 amide bonds. The Labute approximate surface area is 151 Å². The van der Waals surface area contributed by atoms with Crippen LogP contribution in [0.4, 0.5) is 18.0 Å². The van der Waals surface area contributed by atoms with Gasteiger partial charge in [0.15, 0.2) is 0 Å². The van der Waals surface area contributed by atoms with Gasteiger partial charge in [0.05, 0.1) is 6.54 Å². The summed E-state index contributed by atoms with van der Waals surface area (Å²) in [7, 11) is 0. The highest BCUT2D eigenvalue weighted by Crippen LogP contribution is 2.34. The van der Waals surface area contributed by atoms with E-state index in [1.807, 2.05) is 0 Å². The van der Waals surface area contributed by atoms with Crippen molar-refractivity contribution in [3.05, 3.63) is 66.0 Å². The van der Waals surface area contributed by atoms with E-state index in [1.54, 1.807) is 16.7 Å². The van der Waals surface area contributed by atoms with Gasteiger partial charge in [0.25, 0.3) is 17.5 Å². The molecule has 1 saturated heterocycles. The molecule has 1 aromatic heterocycles. The van der Waals surface area contributed by atoms with Crippen LogP contribution in [0, 0.1) is 0 Å². The number of nitrogens with zero attached hydrogens (tertiary/aromatic N) is 2. The highest BCUT2D eigenvalue weighted by molar-refractivity contribution is 6.10. The molecule has 0 saturated carbocycles. The molecule has 0 aliphatic carbocycles. The molecule has 2 N–H and O–H groups in total. The summed E-state index contributed by atoms with van der Waals surface area (Å²) in [6.45, 7) is -0.397. The smallest absolute Gasteiger partial charge is 0.314 e. The predicted molar refractivity (Wildman–Crippen MR) is 86.0 cm³/mol. The van der Waals surface area contributed by atoms with Gasteiger partial charge in [-0.15, -0.1) is 0 Å². The molecule has 0 bridgehead atoms. The lowest BCUT2D eigenvalue weighted by Gasteiger charge is -2.29. The summed E-state index contributed by atoms with van der Waals surface area (Å²) in [5.74, 6) is -2.76. The van der Waals surface area contributed by atoms with Gasteiger partial charge in [-0.1, -0.05) is 18.2 Å². The fourth-order valence-electron chi connectivity index (χ4n) is 2.57. The van der Waals surface area contributed by atoms with E-state index < -0.39 is 36.2 Å². The van der Waals surface area contributed by atoms with E-state index in [-0.39, 0.29) is 5.56 Å². The molecule has 1 aliphatic heterocycles. The molecule has 0 radical (unpaired) electrons. The molecule has 7 nitrogen and oxygen atoms in total. The fourth-order valence-corrected chi connectivity index (χ4v) is 2.57. The van der Waals surface area contributed by atoms with Crippen LogP contribution in [-0.2, 0) is 11.3 Å². The molecular formula is C17H13F3N4O3. The highest BCUT2D eigenvalue weighted by atomic mass is 19.4. The average molecular weight is 378 g/mol. The molecule has 27 heavy (non-hydrogen) atoms. The first-order chi connectivity index (χ1) is 12.7. The topological polar surface area (TPSA) is 91.4 Å². The molecule has 1 unspecified atom stereocenters. The lowest BCUT2D eigenvalue weighted by molar-refractivity contribution is -0.200. The summed E-state index contributed by atoms with van der Waals surface area (Å²) in [6.07, 6.45) is -2.50. The minimum Gasteiger partial charge on any atom is -0.314 e. The van der Waals surface area contributed by atoms with E-state index in [0.29, 0.717) is 10.5 Å². The number of pyridine rings is 1. The Hall–Kier alpha value is -3.43. The van der Waals surface area contributed by atoms with Gasteiger partial charge in [-0.3, -0.25) is 24.8 Å². The monoisotopic (exact) mass is 378 g/mol. The third-order valence-corrected chi connectivity index (χ3v) is 3.96. The second kappa shape index (κ2) is 6.71. The molecule has 2 aromatic rings. The Kier molecular flexibility index (Phi) is 4.56. The third kappa shape index (κ3) is 3.33. The van der Waals surface area contributed by atoms with Crippen molar-refractivity contribution in [1.29, 1.82) is 0 Å². The molecule has 0 spiro atoms. The number of carbonyl (C=O) groups is 3. The Bertz CT molecular complexity index is 874. The molecule has 2 heterocycles. The largest absolute Gasteiger partial charge is 0.440 e. The van der Waals surface area contributed by atoms with Crippen molar-refractivity contribution in [2.75, 3.05) is 0 Å². The van der Waals surface area contributed by atoms with Gasteiger partial charge < -0.3 is 5.32 Å². The van der Waals surface area contributed by atoms with E-state index in [9.17, 15) is 27.6 Å². The molecule has 1 aromatic carbocycles. The SMILES string of the molecule is O=C(NC1(C(F)(F)F)NC(=O)N(Cc2ccncc2)C1=O)c1ccccc1. The number of urea groups is 1. The Morgan fingerprint density at radius 3 is 2.33 bits per heavy atom. The standard InChI is InChI=1S/C17H13F3N4O3/c18-17(19,20)16(22-13(25)12-4-2-1-3-5-12)14(26)24(15(27)23-16)10-11-6-8-21-9-7-11/h1-9H,10H2,(H,22,25)(H,23,27). The van der Waals surface area contributed by atoms with Crippen molar-refractivity contribution in [3.63, 3.8) is 0 Å². The number of rotatable bonds is 4. The number of hydrogen-bond acceptors (Lipinski definition) is 4. The number of halogens is 3. The predicted octanol–water partition coefficient (Wildman–Crippen LogP) is 1.82. The molecular weight excluding hydrogens is 365 g/mol. The van der Waals surface area contributed by atoms with Gasteiger partial charge in [-0.2, -0.15) is 13.2 Å². The zero-order valence-corrected chi connectivity index (χ0v) is 13.7. The molecule has 3 rings (SSSR count). The maximum Gasteiger partial charge on any atom is 0.440 e. The first-order valence-corrected chi connectivity index (χ1v) is 7.72. The summed E-state index contributed by atoms with van der Waals surface area (Å²) < 4.78 is 41.2. The van der Waals surface area contributed by atoms with Crippen molar-refractivity contribution in [3.8, 4) is 0 Å². The Morgan fingerprint density at radius 1 is 1.11 bits per heavy atom. The van der Waals surface area contributed by atoms with E-state index in [0.717, 1.165) is 0 Å². The average Bonchev–Trinajstić information content (AvgIpc) is 2.88. The lowest BCUT2D eigenvalue weighted by Crippen LogP contribution is -2.69. The van der Waals surface area contributed by atoms with Crippen LogP contribution in [0.1, 0.15) is 15.9 Å². The minimum absolute atomic E-state index is 0.0873. The van der Waals surface area contributed by atoms with Crippen LogP contribution >= 0.6 is 0 Å². The summed E-state index contributed by atoms with van der Waals surface area (Å²) in [6, 6.07) is 8.72. The van der Waals surface area contributed by atoms with E-state index >= 15 is 0 Å². The van der Waals surface area contributed by atoms with Gasteiger partial charge in [0.2, 0.25) is 0 Å². The van der Waals surface area contributed by atoms with Crippen LogP contribution in [0.25, 0.3) is 0 Å². The van der Waals surface area contributed by atoms with E-state index in [1.165, 1.54) is 48.8 Å². The molecule has 1 aliphatic rings. The zero-order valence-electron chi connectivity index (χ0n) is 13.7. The van der Waals surface area contributed by atoms with Crippen LogP contribution in [0.5, 0.6) is 0 Å². The van der Waals surface area contributed by atoms with Gasteiger partial charge in [-0.05, 0) is 29.8 Å². The maximum atomic E-state index is 13.7. The van der Waals surface area contributed by atoms with Gasteiger partial charge in [-0.25, -0.2) is 4.79 Å². The Morgan fingerprint density at radius 2 is 1.74 bits per heavy atom. The molecule has 140 valence electrons. The van der Waals surface area contributed by atoms with Gasteiger partial charge in [0.1, 0.15) is 0 Å². The van der Waals surface area contributed by atoms with Crippen LogP contribution in [0.15, 0.2) is 54.9 Å². The highest BCUT2D eigenvalue weighted by Gasteiger charge is 2.68. The van der Waals surface area contributed by atoms with Gasteiger partial charge >= 0.3 is 12.2 Å². The number of amides is 4. The number of nitrogens with one attached hydrogen (secondary N) is 2. The van der Waals surface area contributed by atoms with Crippen LogP contribution < -0.4 is 10.6 Å². The first kappa shape index (κ1) is 18.4. The maximum absolute atomic E-state index is 13.7. The van der Waals surface area contributed by atoms with E-state index in [2.05, 4.69) is 4.98 Å². The Balaban J connectivity index is 1.92. The van der Waals surface area contributed by atoms with Crippen LogP contribution in [0.2, 0.25) is 0 Å². The minimum atomic E-state index is -5.25. The quantitative estimate of drug-likeness (QED) is 0.794. The molecule has 1 fully saturated rings. The van der Waals surface area contributed by atoms with Crippen molar-refractivity contribution in [2.24, 2.45) is 0 Å². The second-order valence-corrected chi connectivity index (χ2v) is 5.74. The zero-order chi connectivity index (χ0) is 19.7. The number of imide groups is 1. The number of hydrogen-bond donors (Lipinski definition) is 2. The van der Waals surface area contributed by atoms with Crippen molar-refractivity contribution >= 4 is 17.8 Å². The number of benzene rings is 1. The van der Waals surface area contributed by atoms with E-state index in [4.69, 9.17) is 0 Å². The van der Waals surface area contributed by atoms with Crippen molar-refractivity contribution in [2.45, 2.75) is 18.4 Å². The summed E-state index contributed by atoms with van der Waals surface area (Å²) in [4.78, 5) is 41.0.